The van der Waals surface area contributed by atoms with Gasteiger partial charge in [0, 0.05) is 31.1 Å². The predicted molar refractivity (Wildman–Crippen MR) is 139 cm³/mol. The molecule has 1 fully saturated rings. The first-order chi connectivity index (χ1) is 16.5. The molecule has 34 heavy (non-hydrogen) atoms. The Kier molecular flexibility index (Phi) is 6.66. The number of halogens is 2. The average molecular weight is 496 g/mol. The molecule has 176 valence electrons. The van der Waals surface area contributed by atoms with Gasteiger partial charge < -0.3 is 15.5 Å². The maximum absolute atomic E-state index is 13.5. The van der Waals surface area contributed by atoms with Gasteiger partial charge >= 0.3 is 0 Å². The van der Waals surface area contributed by atoms with Gasteiger partial charge in [-0.05, 0) is 60.3 Å². The summed E-state index contributed by atoms with van der Waals surface area (Å²) in [5.74, 6) is 0.938. The van der Waals surface area contributed by atoms with E-state index in [-0.39, 0.29) is 11.2 Å². The van der Waals surface area contributed by atoms with Gasteiger partial charge in [-0.25, -0.2) is 9.37 Å². The fourth-order valence-corrected chi connectivity index (χ4v) is 5.47. The van der Waals surface area contributed by atoms with E-state index in [1.54, 1.807) is 6.07 Å². The first kappa shape index (κ1) is 23.0. The molecule has 0 saturated heterocycles. The molecule has 5 nitrogen and oxygen atoms in total. The van der Waals surface area contributed by atoms with Crippen molar-refractivity contribution >= 4 is 40.7 Å². The third-order valence-electron chi connectivity index (χ3n) is 6.97. The Morgan fingerprint density at radius 3 is 2.56 bits per heavy atom. The molecule has 0 radical (unpaired) electrons. The number of nitrogens with one attached hydrogen (secondary N) is 2. The van der Waals surface area contributed by atoms with Crippen molar-refractivity contribution in [2.75, 3.05) is 23.3 Å². The van der Waals surface area contributed by atoms with Crippen molar-refractivity contribution in [3.63, 3.8) is 0 Å². The lowest BCUT2D eigenvalue weighted by molar-refractivity contribution is 0.434. The maximum atomic E-state index is 13.5. The zero-order chi connectivity index (χ0) is 23.5. The standard InChI is InChI=1S/C26H27ClFN5S/c27-22-15-23(33-14-11-18-5-1-2-6-19(18)16-33)31-24(30-22)32-25(34)29-17-26(12-3-4-13-26)20-7-9-21(28)10-8-20/h1-2,5-10,15H,3-4,11-14,16-17H2,(H2,29,30,31,32,34). The molecule has 2 aliphatic rings. The molecule has 8 heteroatoms. The van der Waals surface area contributed by atoms with Crippen LogP contribution in [0.4, 0.5) is 16.2 Å². The number of anilines is 2. The smallest absolute Gasteiger partial charge is 0.232 e. The van der Waals surface area contributed by atoms with Crippen molar-refractivity contribution < 1.29 is 4.39 Å². The Morgan fingerprint density at radius 1 is 1.06 bits per heavy atom. The summed E-state index contributed by atoms with van der Waals surface area (Å²) in [6.07, 6.45) is 5.36. The second kappa shape index (κ2) is 9.84. The van der Waals surface area contributed by atoms with Gasteiger partial charge in [-0.1, -0.05) is 60.8 Å². The zero-order valence-electron chi connectivity index (χ0n) is 18.9. The number of aromatic nitrogens is 2. The van der Waals surface area contributed by atoms with Crippen LogP contribution in [0.3, 0.4) is 0 Å². The molecule has 1 aromatic heterocycles. The molecule has 5 rings (SSSR count). The Balaban J connectivity index is 1.26. The Morgan fingerprint density at radius 2 is 1.79 bits per heavy atom. The molecule has 2 heterocycles. The Bertz CT molecular complexity index is 1180. The van der Waals surface area contributed by atoms with Crippen LogP contribution < -0.4 is 15.5 Å². The number of hydrogen-bond acceptors (Lipinski definition) is 4. The number of rotatable bonds is 5. The van der Waals surface area contributed by atoms with Crippen molar-refractivity contribution in [3.8, 4) is 0 Å². The lowest BCUT2D eigenvalue weighted by Crippen LogP contribution is -2.41. The number of hydrogen-bond donors (Lipinski definition) is 2. The molecule has 2 N–H and O–H groups in total. The normalized spacial score (nSPS) is 16.7. The van der Waals surface area contributed by atoms with E-state index >= 15 is 0 Å². The van der Waals surface area contributed by atoms with E-state index in [4.69, 9.17) is 23.8 Å². The van der Waals surface area contributed by atoms with Crippen LogP contribution in [-0.2, 0) is 18.4 Å². The maximum Gasteiger partial charge on any atom is 0.232 e. The first-order valence-electron chi connectivity index (χ1n) is 11.7. The van der Waals surface area contributed by atoms with Gasteiger partial charge in [0.1, 0.15) is 16.8 Å². The first-order valence-corrected chi connectivity index (χ1v) is 12.5. The summed E-state index contributed by atoms with van der Waals surface area (Å²) < 4.78 is 13.5. The van der Waals surface area contributed by atoms with E-state index in [1.807, 2.05) is 12.1 Å². The number of benzene rings is 2. The van der Waals surface area contributed by atoms with Gasteiger partial charge in [0.2, 0.25) is 5.95 Å². The summed E-state index contributed by atoms with van der Waals surface area (Å²) in [7, 11) is 0. The molecule has 0 spiro atoms. The predicted octanol–water partition coefficient (Wildman–Crippen LogP) is 5.63. The SMILES string of the molecule is Fc1ccc(C2(CNC(=S)Nc3nc(Cl)cc(N4CCc5ccccc5C4)n3)CCCC2)cc1. The van der Waals surface area contributed by atoms with Crippen molar-refractivity contribution in [3.05, 3.63) is 82.3 Å². The summed E-state index contributed by atoms with van der Waals surface area (Å²) >= 11 is 11.9. The largest absolute Gasteiger partial charge is 0.361 e. The summed E-state index contributed by atoms with van der Waals surface area (Å²) in [6, 6.07) is 17.1. The second-order valence-electron chi connectivity index (χ2n) is 9.11. The topological polar surface area (TPSA) is 53.1 Å². The van der Waals surface area contributed by atoms with Crippen LogP contribution in [0.5, 0.6) is 0 Å². The second-order valence-corrected chi connectivity index (χ2v) is 9.91. The van der Waals surface area contributed by atoms with Crippen LogP contribution in [-0.4, -0.2) is 28.2 Å². The highest BCUT2D eigenvalue weighted by Gasteiger charge is 2.35. The summed E-state index contributed by atoms with van der Waals surface area (Å²) in [4.78, 5) is 11.2. The molecule has 0 atom stereocenters. The van der Waals surface area contributed by atoms with Crippen LogP contribution in [0.25, 0.3) is 0 Å². The van der Waals surface area contributed by atoms with Crippen molar-refractivity contribution in [1.82, 2.24) is 15.3 Å². The molecular weight excluding hydrogens is 469 g/mol. The quantitative estimate of drug-likeness (QED) is 0.353. The Labute approximate surface area is 209 Å². The van der Waals surface area contributed by atoms with Crippen LogP contribution in [0.1, 0.15) is 42.4 Å². The fraction of sp³-hybridized carbons (Fsp3) is 0.346. The summed E-state index contributed by atoms with van der Waals surface area (Å²) in [5.41, 5.74) is 3.77. The van der Waals surface area contributed by atoms with E-state index in [1.165, 1.54) is 23.3 Å². The molecule has 1 aliphatic heterocycles. The molecule has 3 aromatic rings. The van der Waals surface area contributed by atoms with Crippen LogP contribution in [0.2, 0.25) is 5.15 Å². The van der Waals surface area contributed by atoms with Gasteiger partial charge in [-0.2, -0.15) is 4.98 Å². The highest BCUT2D eigenvalue weighted by Crippen LogP contribution is 2.40. The fourth-order valence-electron chi connectivity index (χ4n) is 5.13. The third kappa shape index (κ3) is 5.00. The highest BCUT2D eigenvalue weighted by molar-refractivity contribution is 7.80. The van der Waals surface area contributed by atoms with Crippen molar-refractivity contribution in [2.24, 2.45) is 0 Å². The molecule has 1 saturated carbocycles. The van der Waals surface area contributed by atoms with Gasteiger partial charge in [0.15, 0.2) is 5.11 Å². The van der Waals surface area contributed by atoms with E-state index < -0.39 is 0 Å². The van der Waals surface area contributed by atoms with E-state index in [0.717, 1.165) is 56.6 Å². The molecule has 0 amide bonds. The zero-order valence-corrected chi connectivity index (χ0v) is 20.4. The molecular formula is C26H27ClFN5S. The number of thiocarbonyl (C=S) groups is 1. The third-order valence-corrected chi connectivity index (χ3v) is 7.41. The van der Waals surface area contributed by atoms with Gasteiger partial charge in [-0.15, -0.1) is 0 Å². The molecule has 2 aromatic carbocycles. The minimum atomic E-state index is -0.215. The van der Waals surface area contributed by atoms with Gasteiger partial charge in [0.05, 0.1) is 0 Å². The monoisotopic (exact) mass is 495 g/mol. The highest BCUT2D eigenvalue weighted by atomic mass is 35.5. The van der Waals surface area contributed by atoms with Gasteiger partial charge in [0.25, 0.3) is 0 Å². The summed E-state index contributed by atoms with van der Waals surface area (Å²) in [6.45, 7) is 2.32. The summed E-state index contributed by atoms with van der Waals surface area (Å²) in [5, 5.41) is 7.28. The average Bonchev–Trinajstić information content (AvgIpc) is 3.33. The lowest BCUT2D eigenvalue weighted by atomic mass is 9.79. The number of fused-ring (bicyclic) bond motifs is 1. The molecule has 0 bridgehead atoms. The van der Waals surface area contributed by atoms with E-state index in [9.17, 15) is 4.39 Å². The van der Waals surface area contributed by atoms with Crippen LogP contribution in [0.15, 0.2) is 54.6 Å². The van der Waals surface area contributed by atoms with Crippen LogP contribution in [0, 0.1) is 5.82 Å². The van der Waals surface area contributed by atoms with Gasteiger partial charge in [-0.3, -0.25) is 0 Å². The minimum absolute atomic E-state index is 0.0546. The number of nitrogens with zero attached hydrogens (tertiary/aromatic N) is 3. The van der Waals surface area contributed by atoms with Crippen molar-refractivity contribution in [1.29, 1.82) is 0 Å². The molecule has 0 unspecified atom stereocenters. The van der Waals surface area contributed by atoms with Crippen LogP contribution >= 0.6 is 23.8 Å². The minimum Gasteiger partial charge on any atom is -0.361 e. The Hall–Kier alpha value is -2.77. The lowest BCUT2D eigenvalue weighted by Gasteiger charge is -2.31. The van der Waals surface area contributed by atoms with E-state index in [2.05, 4.69) is 49.8 Å². The molecule has 1 aliphatic carbocycles. The van der Waals surface area contributed by atoms with Crippen molar-refractivity contribution in [2.45, 2.75) is 44.1 Å². The van der Waals surface area contributed by atoms with E-state index in [0.29, 0.717) is 22.8 Å².